The van der Waals surface area contributed by atoms with Gasteiger partial charge in [-0.15, -0.1) is 0 Å². The molecule has 0 spiro atoms. The number of aliphatic imine (C=N–C) groups is 1. The first kappa shape index (κ1) is 18.7. The van der Waals surface area contributed by atoms with Crippen molar-refractivity contribution in [2.75, 3.05) is 27.2 Å². The van der Waals surface area contributed by atoms with Crippen LogP contribution in [0.3, 0.4) is 0 Å². The maximum absolute atomic E-state index is 10.6. The van der Waals surface area contributed by atoms with Gasteiger partial charge in [0.05, 0.1) is 6.54 Å². The van der Waals surface area contributed by atoms with Crippen molar-refractivity contribution in [1.29, 1.82) is 0 Å². The van der Waals surface area contributed by atoms with Crippen LogP contribution < -0.4 is 0 Å². The lowest BCUT2D eigenvalue weighted by molar-refractivity contribution is 0.420. The number of likely N-dealkylation sites (N-methyl/N-ethyl adjacent to an activating group) is 1. The van der Waals surface area contributed by atoms with Gasteiger partial charge in [-0.3, -0.25) is 4.99 Å². The van der Waals surface area contributed by atoms with Gasteiger partial charge in [-0.05, 0) is 36.6 Å². The zero-order valence-corrected chi connectivity index (χ0v) is 15.5. The third-order valence-corrected chi connectivity index (χ3v) is 3.72. The van der Waals surface area contributed by atoms with Crippen LogP contribution in [0.25, 0.3) is 0 Å². The normalized spacial score (nSPS) is 13.3. The number of hydrogen-bond acceptors (Lipinski definition) is 3. The van der Waals surface area contributed by atoms with E-state index in [4.69, 9.17) is 0 Å². The zero-order valence-electron chi connectivity index (χ0n) is 15.5. The SMILES string of the molecule is CN(C)CCN=Cc1cc(C(C)(C)C)cc(C(C)(C)C)c1O. The smallest absolute Gasteiger partial charge is 0.128 e. The second-order valence-electron chi connectivity index (χ2n) is 8.30. The van der Waals surface area contributed by atoms with Crippen molar-refractivity contribution in [1.82, 2.24) is 4.90 Å². The van der Waals surface area contributed by atoms with E-state index in [9.17, 15) is 5.11 Å². The van der Waals surface area contributed by atoms with Crippen LogP contribution in [-0.2, 0) is 10.8 Å². The largest absolute Gasteiger partial charge is 0.507 e. The van der Waals surface area contributed by atoms with E-state index in [0.29, 0.717) is 5.75 Å². The highest BCUT2D eigenvalue weighted by Gasteiger charge is 2.24. The Balaban J connectivity index is 3.26. The van der Waals surface area contributed by atoms with Crippen LogP contribution in [0.1, 0.15) is 58.2 Å². The number of benzene rings is 1. The fourth-order valence-electron chi connectivity index (χ4n) is 2.18. The first-order valence-electron chi connectivity index (χ1n) is 7.95. The van der Waals surface area contributed by atoms with Crippen molar-refractivity contribution >= 4 is 6.21 Å². The summed E-state index contributed by atoms with van der Waals surface area (Å²) in [5, 5.41) is 10.6. The van der Waals surface area contributed by atoms with Crippen LogP contribution in [-0.4, -0.2) is 43.4 Å². The highest BCUT2D eigenvalue weighted by atomic mass is 16.3. The Morgan fingerprint density at radius 3 is 2.09 bits per heavy atom. The number of phenolic OH excluding ortho intramolecular Hbond substituents is 1. The Hall–Kier alpha value is -1.35. The molecule has 0 heterocycles. The summed E-state index contributed by atoms with van der Waals surface area (Å²) in [6.45, 7) is 14.6. The maximum Gasteiger partial charge on any atom is 0.128 e. The minimum atomic E-state index is -0.0996. The molecule has 0 aliphatic heterocycles. The monoisotopic (exact) mass is 304 g/mol. The quantitative estimate of drug-likeness (QED) is 0.854. The molecule has 3 heteroatoms. The van der Waals surface area contributed by atoms with E-state index in [-0.39, 0.29) is 10.8 Å². The molecule has 124 valence electrons. The molecule has 1 aromatic carbocycles. The molecule has 0 aliphatic rings. The molecular formula is C19H32N2O. The van der Waals surface area contributed by atoms with E-state index in [1.807, 2.05) is 20.3 Å². The molecule has 0 bridgehead atoms. The maximum atomic E-state index is 10.6. The Bertz CT molecular complexity index is 532. The van der Waals surface area contributed by atoms with Crippen LogP contribution in [0.5, 0.6) is 5.75 Å². The molecule has 0 saturated heterocycles. The molecule has 1 aromatic rings. The third-order valence-electron chi connectivity index (χ3n) is 3.72. The van der Waals surface area contributed by atoms with Gasteiger partial charge in [-0.2, -0.15) is 0 Å². The Morgan fingerprint density at radius 1 is 1.05 bits per heavy atom. The van der Waals surface area contributed by atoms with Gasteiger partial charge < -0.3 is 10.0 Å². The second-order valence-corrected chi connectivity index (χ2v) is 8.30. The topological polar surface area (TPSA) is 35.8 Å². The molecule has 0 atom stereocenters. The molecular weight excluding hydrogens is 272 g/mol. The van der Waals surface area contributed by atoms with Gasteiger partial charge in [-0.25, -0.2) is 0 Å². The van der Waals surface area contributed by atoms with Gasteiger partial charge in [0, 0.05) is 23.9 Å². The van der Waals surface area contributed by atoms with Crippen molar-refractivity contribution in [2.45, 2.75) is 52.4 Å². The van der Waals surface area contributed by atoms with Crippen LogP contribution in [0.2, 0.25) is 0 Å². The van der Waals surface area contributed by atoms with Crippen molar-refractivity contribution in [3.8, 4) is 5.75 Å². The van der Waals surface area contributed by atoms with Gasteiger partial charge in [0.15, 0.2) is 0 Å². The van der Waals surface area contributed by atoms with E-state index in [1.165, 1.54) is 5.56 Å². The van der Waals surface area contributed by atoms with Crippen molar-refractivity contribution in [3.63, 3.8) is 0 Å². The van der Waals surface area contributed by atoms with Gasteiger partial charge in [0.25, 0.3) is 0 Å². The average Bonchev–Trinajstić information content (AvgIpc) is 2.33. The first-order valence-corrected chi connectivity index (χ1v) is 7.95. The lowest BCUT2D eigenvalue weighted by Crippen LogP contribution is -2.17. The lowest BCUT2D eigenvalue weighted by Gasteiger charge is -2.27. The van der Waals surface area contributed by atoms with E-state index < -0.39 is 0 Å². The summed E-state index contributed by atoms with van der Waals surface area (Å²) in [5.41, 5.74) is 2.96. The summed E-state index contributed by atoms with van der Waals surface area (Å²) in [5.74, 6) is 0.356. The summed E-state index contributed by atoms with van der Waals surface area (Å²) in [4.78, 5) is 6.56. The summed E-state index contributed by atoms with van der Waals surface area (Å²) in [6.07, 6.45) is 1.81. The van der Waals surface area contributed by atoms with Crippen LogP contribution >= 0.6 is 0 Å². The Morgan fingerprint density at radius 2 is 1.64 bits per heavy atom. The zero-order chi connectivity index (χ0) is 17.1. The number of aromatic hydroxyl groups is 1. The predicted octanol–water partition coefficient (Wildman–Crippen LogP) is 3.97. The number of nitrogens with zero attached hydrogens (tertiary/aromatic N) is 2. The molecule has 0 saturated carbocycles. The van der Waals surface area contributed by atoms with Crippen molar-refractivity contribution < 1.29 is 5.11 Å². The van der Waals surface area contributed by atoms with Gasteiger partial charge in [0.2, 0.25) is 0 Å². The average molecular weight is 304 g/mol. The first-order chi connectivity index (χ1) is 9.93. The minimum absolute atomic E-state index is 0.0416. The van der Waals surface area contributed by atoms with E-state index in [1.54, 1.807) is 0 Å². The fourth-order valence-corrected chi connectivity index (χ4v) is 2.18. The molecule has 1 rings (SSSR count). The molecule has 0 radical (unpaired) electrons. The van der Waals surface area contributed by atoms with E-state index >= 15 is 0 Å². The molecule has 3 nitrogen and oxygen atoms in total. The predicted molar refractivity (Wildman–Crippen MR) is 96.5 cm³/mol. The molecule has 0 aliphatic carbocycles. The molecule has 22 heavy (non-hydrogen) atoms. The summed E-state index contributed by atoms with van der Waals surface area (Å²) < 4.78 is 0. The minimum Gasteiger partial charge on any atom is -0.507 e. The third kappa shape index (κ3) is 5.13. The van der Waals surface area contributed by atoms with Gasteiger partial charge in [0.1, 0.15) is 5.75 Å². The lowest BCUT2D eigenvalue weighted by atomic mass is 9.79. The standard InChI is InChI=1S/C19H32N2O/c1-18(2,3)15-11-14(13-20-9-10-21(7)8)17(22)16(12-15)19(4,5)6/h11-13,22H,9-10H2,1-8H3. The molecule has 1 N–H and O–H groups in total. The summed E-state index contributed by atoms with van der Waals surface area (Å²) in [6, 6.07) is 4.19. The highest BCUT2D eigenvalue weighted by molar-refractivity contribution is 5.85. The van der Waals surface area contributed by atoms with Gasteiger partial charge >= 0.3 is 0 Å². The van der Waals surface area contributed by atoms with Crippen LogP contribution in [0.4, 0.5) is 0 Å². The Kier molecular flexibility index (Phi) is 5.80. The van der Waals surface area contributed by atoms with E-state index in [2.05, 4.69) is 63.6 Å². The summed E-state index contributed by atoms with van der Waals surface area (Å²) in [7, 11) is 4.07. The second kappa shape index (κ2) is 6.82. The van der Waals surface area contributed by atoms with E-state index in [0.717, 1.165) is 24.2 Å². The fraction of sp³-hybridized carbons (Fsp3) is 0.632. The number of phenols is 1. The Labute approximate surface area is 136 Å². The molecule has 0 aromatic heterocycles. The number of rotatable bonds is 4. The highest BCUT2D eigenvalue weighted by Crippen LogP contribution is 2.37. The molecule has 0 unspecified atom stereocenters. The molecule has 0 fully saturated rings. The van der Waals surface area contributed by atoms with Crippen molar-refractivity contribution in [2.24, 2.45) is 4.99 Å². The summed E-state index contributed by atoms with van der Waals surface area (Å²) >= 11 is 0. The number of hydrogen-bond donors (Lipinski definition) is 1. The molecule has 0 amide bonds. The van der Waals surface area contributed by atoms with Crippen molar-refractivity contribution in [3.05, 3.63) is 28.8 Å². The van der Waals surface area contributed by atoms with Gasteiger partial charge in [-0.1, -0.05) is 47.6 Å². The van der Waals surface area contributed by atoms with Crippen LogP contribution in [0, 0.1) is 0 Å². The van der Waals surface area contributed by atoms with Crippen LogP contribution in [0.15, 0.2) is 17.1 Å².